The maximum atomic E-state index is 11.8. The Morgan fingerprint density at radius 3 is 2.76 bits per heavy atom. The highest BCUT2D eigenvalue weighted by atomic mass is 16.2. The van der Waals surface area contributed by atoms with Crippen LogP contribution in [0.25, 0.3) is 0 Å². The largest absolute Gasteiger partial charge is 0.338 e. The molecular formula is C14H20N4O3. The first-order valence-corrected chi connectivity index (χ1v) is 7.46. The second-order valence-corrected chi connectivity index (χ2v) is 5.82. The molecule has 7 nitrogen and oxygen atoms in total. The molecular weight excluding hydrogens is 272 g/mol. The van der Waals surface area contributed by atoms with Crippen molar-refractivity contribution in [2.45, 2.75) is 38.3 Å². The van der Waals surface area contributed by atoms with Crippen LogP contribution in [0.3, 0.4) is 0 Å². The zero-order chi connectivity index (χ0) is 14.8. The third-order valence-electron chi connectivity index (χ3n) is 4.32. The third-order valence-corrected chi connectivity index (χ3v) is 4.32. The van der Waals surface area contributed by atoms with E-state index in [4.69, 9.17) is 0 Å². The third kappa shape index (κ3) is 3.07. The topological polar surface area (TPSA) is 89.3 Å². The van der Waals surface area contributed by atoms with Gasteiger partial charge in [0.15, 0.2) is 0 Å². The van der Waals surface area contributed by atoms with Gasteiger partial charge >= 0.3 is 5.69 Å². The summed E-state index contributed by atoms with van der Waals surface area (Å²) in [6.07, 6.45) is 5.15. The number of nitrogens with zero attached hydrogens (tertiary/aromatic N) is 2. The highest BCUT2D eigenvalue weighted by molar-refractivity contribution is 5.78. The van der Waals surface area contributed by atoms with E-state index >= 15 is 0 Å². The summed E-state index contributed by atoms with van der Waals surface area (Å²) in [5.74, 6) is 0.253. The Morgan fingerprint density at radius 2 is 2.05 bits per heavy atom. The van der Waals surface area contributed by atoms with Crippen molar-refractivity contribution < 1.29 is 4.79 Å². The van der Waals surface area contributed by atoms with Gasteiger partial charge in [-0.3, -0.25) is 19.5 Å². The smallest absolute Gasteiger partial charge is 0.325 e. The molecule has 0 aromatic carbocycles. The summed E-state index contributed by atoms with van der Waals surface area (Å²) in [5.41, 5.74) is -0.260. The minimum Gasteiger partial charge on any atom is -0.338 e. The van der Waals surface area contributed by atoms with E-state index in [-0.39, 0.29) is 17.5 Å². The standard InChI is InChI=1S/C14H20N4O3/c19-12-4-2-6-18(12)11-3-1-5-17(9-11)8-10-7-15-14(21)16-13(10)20/h7,11H,1-6,8-9H2,(H2,15,16,20,21). The van der Waals surface area contributed by atoms with E-state index in [0.717, 1.165) is 38.9 Å². The number of amides is 1. The Hall–Kier alpha value is -1.89. The molecule has 0 bridgehead atoms. The summed E-state index contributed by atoms with van der Waals surface area (Å²) in [5, 5.41) is 0. The van der Waals surface area contributed by atoms with Gasteiger partial charge in [-0.2, -0.15) is 0 Å². The van der Waals surface area contributed by atoms with Crippen molar-refractivity contribution in [2.24, 2.45) is 0 Å². The number of aromatic nitrogens is 2. The number of rotatable bonds is 3. The number of nitrogens with one attached hydrogen (secondary N) is 2. The zero-order valence-electron chi connectivity index (χ0n) is 11.9. The Kier molecular flexibility index (Phi) is 3.92. The molecule has 114 valence electrons. The van der Waals surface area contributed by atoms with Crippen molar-refractivity contribution in [1.29, 1.82) is 0 Å². The van der Waals surface area contributed by atoms with Crippen LogP contribution in [0.1, 0.15) is 31.2 Å². The molecule has 21 heavy (non-hydrogen) atoms. The first kappa shape index (κ1) is 14.1. The van der Waals surface area contributed by atoms with Gasteiger partial charge in [-0.05, 0) is 25.8 Å². The van der Waals surface area contributed by atoms with Crippen molar-refractivity contribution in [3.8, 4) is 0 Å². The number of likely N-dealkylation sites (tertiary alicyclic amines) is 2. The summed E-state index contributed by atoms with van der Waals surface area (Å²) in [4.78, 5) is 43.5. The molecule has 1 amide bonds. The zero-order valence-corrected chi connectivity index (χ0v) is 11.9. The molecule has 2 aliphatic rings. The summed E-state index contributed by atoms with van der Waals surface area (Å²) in [6, 6.07) is 0.260. The van der Waals surface area contributed by atoms with Crippen LogP contribution < -0.4 is 11.2 Å². The molecule has 2 aliphatic heterocycles. The predicted molar refractivity (Wildman–Crippen MR) is 76.9 cm³/mol. The van der Waals surface area contributed by atoms with Gasteiger partial charge in [-0.15, -0.1) is 0 Å². The molecule has 0 spiro atoms. The first-order valence-electron chi connectivity index (χ1n) is 7.46. The lowest BCUT2D eigenvalue weighted by atomic mass is 10.0. The van der Waals surface area contributed by atoms with Crippen molar-refractivity contribution in [3.63, 3.8) is 0 Å². The molecule has 2 saturated heterocycles. The van der Waals surface area contributed by atoms with Crippen LogP contribution >= 0.6 is 0 Å². The second kappa shape index (κ2) is 5.85. The second-order valence-electron chi connectivity index (χ2n) is 5.82. The molecule has 1 aromatic heterocycles. The fourth-order valence-electron chi connectivity index (χ4n) is 3.28. The van der Waals surface area contributed by atoms with E-state index in [1.807, 2.05) is 4.90 Å². The van der Waals surface area contributed by atoms with E-state index in [1.165, 1.54) is 6.20 Å². The van der Waals surface area contributed by atoms with E-state index < -0.39 is 5.69 Å². The van der Waals surface area contributed by atoms with Gasteiger partial charge in [-0.25, -0.2) is 4.79 Å². The molecule has 2 N–H and O–H groups in total. The fraction of sp³-hybridized carbons (Fsp3) is 0.643. The minimum absolute atomic E-state index is 0.253. The summed E-state index contributed by atoms with van der Waals surface area (Å²) in [7, 11) is 0. The van der Waals surface area contributed by atoms with Crippen molar-refractivity contribution in [2.75, 3.05) is 19.6 Å². The monoisotopic (exact) mass is 292 g/mol. The Balaban J connectivity index is 1.67. The maximum absolute atomic E-state index is 11.8. The Morgan fingerprint density at radius 1 is 1.19 bits per heavy atom. The molecule has 3 rings (SSSR count). The number of carbonyl (C=O) groups excluding carboxylic acids is 1. The van der Waals surface area contributed by atoms with Crippen molar-refractivity contribution >= 4 is 5.91 Å². The van der Waals surface area contributed by atoms with Crippen LogP contribution in [0.15, 0.2) is 15.8 Å². The Labute approximate surface area is 122 Å². The fourth-order valence-corrected chi connectivity index (χ4v) is 3.28. The van der Waals surface area contributed by atoms with Gasteiger partial charge in [0.1, 0.15) is 0 Å². The molecule has 1 aromatic rings. The van der Waals surface area contributed by atoms with Crippen molar-refractivity contribution in [1.82, 2.24) is 19.8 Å². The van der Waals surface area contributed by atoms with E-state index in [0.29, 0.717) is 18.5 Å². The molecule has 3 heterocycles. The molecule has 0 aliphatic carbocycles. The van der Waals surface area contributed by atoms with Crippen molar-refractivity contribution in [3.05, 3.63) is 32.6 Å². The average molecular weight is 292 g/mol. The first-order chi connectivity index (χ1) is 10.1. The summed E-state index contributed by atoms with van der Waals surface area (Å²) in [6.45, 7) is 3.07. The van der Waals surface area contributed by atoms with Crippen LogP contribution in [-0.4, -0.2) is 51.4 Å². The molecule has 1 unspecified atom stereocenters. The van der Waals surface area contributed by atoms with Crippen LogP contribution in [-0.2, 0) is 11.3 Å². The van der Waals surface area contributed by atoms with Gasteiger partial charge in [-0.1, -0.05) is 0 Å². The average Bonchev–Trinajstić information content (AvgIpc) is 2.89. The maximum Gasteiger partial charge on any atom is 0.325 e. The minimum atomic E-state index is -0.483. The number of hydrogen-bond donors (Lipinski definition) is 2. The number of H-pyrrole nitrogens is 2. The number of piperidine rings is 1. The lowest BCUT2D eigenvalue weighted by molar-refractivity contribution is -0.130. The number of carbonyl (C=O) groups is 1. The Bertz CT molecular complexity index is 636. The quantitative estimate of drug-likeness (QED) is 0.797. The van der Waals surface area contributed by atoms with Gasteiger partial charge in [0.2, 0.25) is 5.91 Å². The van der Waals surface area contributed by atoms with Crippen LogP contribution in [0.5, 0.6) is 0 Å². The van der Waals surface area contributed by atoms with Crippen LogP contribution in [0, 0.1) is 0 Å². The number of aromatic amines is 2. The highest BCUT2D eigenvalue weighted by Gasteiger charge is 2.31. The van der Waals surface area contributed by atoms with Crippen LogP contribution in [0.4, 0.5) is 0 Å². The summed E-state index contributed by atoms with van der Waals surface area (Å²) < 4.78 is 0. The lowest BCUT2D eigenvalue weighted by Crippen LogP contribution is -2.48. The van der Waals surface area contributed by atoms with E-state index in [2.05, 4.69) is 14.9 Å². The van der Waals surface area contributed by atoms with Gasteiger partial charge in [0, 0.05) is 43.9 Å². The molecule has 0 saturated carbocycles. The van der Waals surface area contributed by atoms with Gasteiger partial charge in [0.05, 0.1) is 0 Å². The van der Waals surface area contributed by atoms with E-state index in [1.54, 1.807) is 0 Å². The molecule has 1 atom stereocenters. The molecule has 0 radical (unpaired) electrons. The van der Waals surface area contributed by atoms with Gasteiger partial charge < -0.3 is 9.88 Å². The SMILES string of the molecule is O=C1CCCN1C1CCCN(Cc2c[nH]c(=O)[nH]c2=O)C1. The molecule has 2 fully saturated rings. The molecule has 7 heteroatoms. The number of hydrogen-bond acceptors (Lipinski definition) is 4. The normalized spacial score (nSPS) is 23.7. The summed E-state index contributed by atoms with van der Waals surface area (Å²) >= 11 is 0. The van der Waals surface area contributed by atoms with E-state index in [9.17, 15) is 14.4 Å². The highest BCUT2D eigenvalue weighted by Crippen LogP contribution is 2.21. The van der Waals surface area contributed by atoms with Crippen LogP contribution in [0.2, 0.25) is 0 Å². The van der Waals surface area contributed by atoms with Gasteiger partial charge in [0.25, 0.3) is 5.56 Å². The lowest BCUT2D eigenvalue weighted by Gasteiger charge is -2.37. The predicted octanol–water partition coefficient (Wildman–Crippen LogP) is -0.350.